The number of nitrogens with two attached hydrogens (primary N) is 1. The van der Waals surface area contributed by atoms with Gasteiger partial charge in [-0.15, -0.1) is 0 Å². The molecule has 1 aliphatic heterocycles. The highest BCUT2D eigenvalue weighted by Gasteiger charge is 2.35. The molecular weight excluding hydrogens is 408 g/mol. The number of nitriles is 1. The molecule has 0 fully saturated rings. The third-order valence-electron chi connectivity index (χ3n) is 4.74. The molecule has 0 radical (unpaired) electrons. The van der Waals surface area contributed by atoms with E-state index in [-0.39, 0.29) is 17.0 Å². The van der Waals surface area contributed by atoms with E-state index in [1.807, 2.05) is 51.4 Å². The highest BCUT2D eigenvalue weighted by atomic mass is 79.9. The van der Waals surface area contributed by atoms with Crippen LogP contribution < -0.4 is 20.9 Å². The summed E-state index contributed by atoms with van der Waals surface area (Å²) in [6, 6.07) is 11.5. The van der Waals surface area contributed by atoms with Gasteiger partial charge in [0.2, 0.25) is 5.88 Å². The Bertz CT molecular complexity index is 1020. The van der Waals surface area contributed by atoms with E-state index in [0.717, 1.165) is 22.3 Å². The maximum absolute atomic E-state index is 13.4. The lowest BCUT2D eigenvalue weighted by molar-refractivity contribution is -0.858. The Morgan fingerprint density at radius 2 is 2.07 bits per heavy atom. The van der Waals surface area contributed by atoms with Crippen LogP contribution in [0, 0.1) is 18.3 Å². The van der Waals surface area contributed by atoms with Crippen LogP contribution in [-0.2, 0) is 6.54 Å². The molecule has 0 bridgehead atoms. The molecule has 1 atom stereocenters. The Labute approximate surface area is 166 Å². The van der Waals surface area contributed by atoms with Crippen LogP contribution in [0.15, 0.2) is 51.1 Å². The Hall–Kier alpha value is -2.56. The maximum Gasteiger partial charge on any atom is 0.258 e. The molecule has 0 unspecified atom stereocenters. The maximum atomic E-state index is 13.4. The summed E-state index contributed by atoms with van der Waals surface area (Å²) in [5.41, 5.74) is 8.20. The summed E-state index contributed by atoms with van der Waals surface area (Å²) in [6.45, 7) is 3.27. The molecule has 3 N–H and O–H groups in total. The van der Waals surface area contributed by atoms with Gasteiger partial charge >= 0.3 is 0 Å². The lowest BCUT2D eigenvalue weighted by Crippen LogP contribution is -3.06. The van der Waals surface area contributed by atoms with Crippen molar-refractivity contribution in [3.05, 3.63) is 73.4 Å². The van der Waals surface area contributed by atoms with Crippen LogP contribution in [0.2, 0.25) is 0 Å². The van der Waals surface area contributed by atoms with Crippen molar-refractivity contribution < 1.29 is 9.64 Å². The number of quaternary nitrogens is 1. The van der Waals surface area contributed by atoms with Gasteiger partial charge in [-0.3, -0.25) is 4.79 Å². The van der Waals surface area contributed by atoms with Gasteiger partial charge in [-0.1, -0.05) is 34.1 Å². The Morgan fingerprint density at radius 3 is 2.70 bits per heavy atom. The number of aryl methyl sites for hydroxylation is 1. The van der Waals surface area contributed by atoms with E-state index in [0.29, 0.717) is 17.9 Å². The van der Waals surface area contributed by atoms with Gasteiger partial charge in [-0.2, -0.15) is 5.26 Å². The molecule has 6 nitrogen and oxygen atoms in total. The van der Waals surface area contributed by atoms with Crippen LogP contribution in [-0.4, -0.2) is 25.2 Å². The summed E-state index contributed by atoms with van der Waals surface area (Å²) < 4.78 is 8.23. The number of allylic oxidation sites excluding steroid dienone is 1. The summed E-state index contributed by atoms with van der Waals surface area (Å²) in [5.74, 6) is -0.108. The average molecular weight is 430 g/mol. The lowest BCUT2D eigenvalue weighted by atomic mass is 9.84. The SMILES string of the molecule is Cc1cc2c(c(=O)n1CC[NH+](C)C)[C@H](c1ccccc1Br)C(C#N)=C(N)O2. The summed E-state index contributed by atoms with van der Waals surface area (Å²) in [5, 5.41) is 9.71. The fourth-order valence-corrected chi connectivity index (χ4v) is 3.83. The number of nitrogens with zero attached hydrogens (tertiary/aromatic N) is 2. The molecule has 0 spiro atoms. The molecule has 27 heavy (non-hydrogen) atoms. The molecule has 1 aliphatic rings. The van der Waals surface area contributed by atoms with E-state index in [1.54, 1.807) is 4.57 Å². The molecule has 2 aromatic rings. The lowest BCUT2D eigenvalue weighted by Gasteiger charge is -2.28. The quantitative estimate of drug-likeness (QED) is 0.766. The highest BCUT2D eigenvalue weighted by molar-refractivity contribution is 9.10. The van der Waals surface area contributed by atoms with Gasteiger partial charge in [0.15, 0.2) is 0 Å². The number of ether oxygens (including phenoxy) is 1. The molecule has 0 saturated carbocycles. The van der Waals surface area contributed by atoms with Crippen LogP contribution in [0.25, 0.3) is 0 Å². The van der Waals surface area contributed by atoms with Crippen molar-refractivity contribution in [2.75, 3.05) is 20.6 Å². The number of benzene rings is 1. The minimum absolute atomic E-state index is 0.0417. The number of halogens is 1. The van der Waals surface area contributed by atoms with Crippen LogP contribution in [0.1, 0.15) is 22.7 Å². The summed E-state index contributed by atoms with van der Waals surface area (Å²) in [6.07, 6.45) is 0. The van der Waals surface area contributed by atoms with Crippen LogP contribution >= 0.6 is 15.9 Å². The molecule has 1 aromatic carbocycles. The second kappa shape index (κ2) is 7.59. The number of aromatic nitrogens is 1. The minimum atomic E-state index is -0.569. The monoisotopic (exact) mass is 429 g/mol. The Balaban J connectivity index is 2.26. The van der Waals surface area contributed by atoms with E-state index in [1.165, 1.54) is 4.90 Å². The van der Waals surface area contributed by atoms with Gasteiger partial charge in [0, 0.05) is 16.2 Å². The van der Waals surface area contributed by atoms with E-state index in [4.69, 9.17) is 10.5 Å². The van der Waals surface area contributed by atoms with Gasteiger partial charge in [-0.25, -0.2) is 0 Å². The zero-order valence-electron chi connectivity index (χ0n) is 15.5. The second-order valence-electron chi connectivity index (χ2n) is 6.92. The average Bonchev–Trinajstić information content (AvgIpc) is 2.60. The zero-order chi connectivity index (χ0) is 19.7. The fraction of sp³-hybridized carbons (Fsp3) is 0.300. The van der Waals surface area contributed by atoms with Crippen LogP contribution in [0.3, 0.4) is 0 Å². The van der Waals surface area contributed by atoms with Crippen molar-refractivity contribution >= 4 is 15.9 Å². The third-order valence-corrected chi connectivity index (χ3v) is 5.46. The number of pyridine rings is 1. The molecule has 140 valence electrons. The third kappa shape index (κ3) is 3.51. The zero-order valence-corrected chi connectivity index (χ0v) is 17.1. The van der Waals surface area contributed by atoms with Crippen molar-refractivity contribution in [2.24, 2.45) is 5.73 Å². The van der Waals surface area contributed by atoms with Crippen molar-refractivity contribution in [2.45, 2.75) is 19.4 Å². The number of hydrogen-bond acceptors (Lipinski definition) is 4. The first-order valence-electron chi connectivity index (χ1n) is 8.70. The molecular formula is C20H22BrN4O2+. The Kier molecular flexibility index (Phi) is 5.40. The smallest absolute Gasteiger partial charge is 0.258 e. The first-order chi connectivity index (χ1) is 12.8. The summed E-state index contributed by atoms with van der Waals surface area (Å²) in [4.78, 5) is 14.6. The predicted molar refractivity (Wildman–Crippen MR) is 107 cm³/mol. The van der Waals surface area contributed by atoms with Crippen molar-refractivity contribution in [1.82, 2.24) is 4.57 Å². The molecule has 3 rings (SSSR count). The molecule has 7 heteroatoms. The number of rotatable bonds is 4. The molecule has 1 aromatic heterocycles. The molecule has 2 heterocycles. The second-order valence-corrected chi connectivity index (χ2v) is 7.78. The first-order valence-corrected chi connectivity index (χ1v) is 9.49. The van der Waals surface area contributed by atoms with E-state index >= 15 is 0 Å². The predicted octanol–water partition coefficient (Wildman–Crippen LogP) is 1.28. The van der Waals surface area contributed by atoms with Crippen molar-refractivity contribution in [1.29, 1.82) is 5.26 Å². The van der Waals surface area contributed by atoms with Gasteiger partial charge in [0.25, 0.3) is 5.56 Å². The highest BCUT2D eigenvalue weighted by Crippen LogP contribution is 2.42. The number of fused-ring (bicyclic) bond motifs is 1. The minimum Gasteiger partial charge on any atom is -0.440 e. The van der Waals surface area contributed by atoms with Crippen molar-refractivity contribution in [3.8, 4) is 11.8 Å². The number of likely N-dealkylation sites (N-methyl/N-ethyl adjacent to an activating group) is 1. The standard InChI is InChI=1S/C20H21BrN4O2/c1-12-10-16-18(20(26)25(12)9-8-24(2)3)17(14(11-22)19(23)27-16)13-6-4-5-7-15(13)21/h4-7,10,17H,8-9,23H2,1-3H3/p+1/t17-/m1/s1. The molecule has 0 saturated heterocycles. The van der Waals surface area contributed by atoms with Gasteiger partial charge in [0.05, 0.1) is 38.7 Å². The number of nitrogens with one attached hydrogen (secondary N) is 1. The van der Waals surface area contributed by atoms with Crippen LogP contribution in [0.5, 0.6) is 5.75 Å². The largest absolute Gasteiger partial charge is 0.440 e. The normalized spacial score (nSPS) is 16.1. The fourth-order valence-electron chi connectivity index (χ4n) is 3.32. The van der Waals surface area contributed by atoms with E-state index < -0.39 is 5.92 Å². The van der Waals surface area contributed by atoms with E-state index in [2.05, 4.69) is 22.0 Å². The van der Waals surface area contributed by atoms with E-state index in [9.17, 15) is 10.1 Å². The van der Waals surface area contributed by atoms with Gasteiger partial charge in [0.1, 0.15) is 17.4 Å². The summed E-state index contributed by atoms with van der Waals surface area (Å²) >= 11 is 3.54. The molecule has 0 amide bonds. The Morgan fingerprint density at radius 1 is 1.37 bits per heavy atom. The summed E-state index contributed by atoms with van der Waals surface area (Å²) in [7, 11) is 4.09. The van der Waals surface area contributed by atoms with Gasteiger partial charge in [-0.05, 0) is 18.6 Å². The van der Waals surface area contributed by atoms with Crippen molar-refractivity contribution in [3.63, 3.8) is 0 Å². The number of hydrogen-bond donors (Lipinski definition) is 2. The topological polar surface area (TPSA) is 85.5 Å². The van der Waals surface area contributed by atoms with Crippen LogP contribution in [0.4, 0.5) is 0 Å². The first kappa shape index (κ1) is 19.2. The van der Waals surface area contributed by atoms with Gasteiger partial charge < -0.3 is 19.9 Å². The molecule has 0 aliphatic carbocycles.